The highest BCUT2D eigenvalue weighted by Gasteiger charge is 2.18. The van der Waals surface area contributed by atoms with Crippen molar-refractivity contribution in [3.05, 3.63) is 53.0 Å². The number of aryl methyl sites for hydroxylation is 2. The molecule has 2 heterocycles. The highest BCUT2D eigenvalue weighted by molar-refractivity contribution is 6.04. The predicted molar refractivity (Wildman–Crippen MR) is 95.3 cm³/mol. The second-order valence-electron chi connectivity index (χ2n) is 6.05. The van der Waals surface area contributed by atoms with E-state index < -0.39 is 6.10 Å². The first-order chi connectivity index (χ1) is 11.9. The summed E-state index contributed by atoms with van der Waals surface area (Å²) in [5.74, 6) is -0.314. The van der Waals surface area contributed by atoms with Gasteiger partial charge in [0.25, 0.3) is 5.91 Å². The van der Waals surface area contributed by atoms with Gasteiger partial charge in [0.2, 0.25) is 0 Å². The van der Waals surface area contributed by atoms with Crippen LogP contribution in [0.1, 0.15) is 40.5 Å². The maximum absolute atomic E-state index is 12.5. The van der Waals surface area contributed by atoms with Crippen LogP contribution in [0, 0.1) is 13.8 Å². The van der Waals surface area contributed by atoms with Gasteiger partial charge in [-0.2, -0.15) is 10.2 Å². The number of carbonyl (C=O) groups excluding carboxylic acids is 1. The number of nitrogens with one attached hydrogen (secondary N) is 2. The van der Waals surface area contributed by atoms with Gasteiger partial charge in [0.1, 0.15) is 5.69 Å². The van der Waals surface area contributed by atoms with Gasteiger partial charge in [-0.3, -0.25) is 14.6 Å². The summed E-state index contributed by atoms with van der Waals surface area (Å²) >= 11 is 0. The molecule has 2 aromatic heterocycles. The minimum atomic E-state index is -0.672. The minimum absolute atomic E-state index is 0.314. The van der Waals surface area contributed by atoms with Crippen LogP contribution in [0.25, 0.3) is 11.3 Å². The first-order valence-corrected chi connectivity index (χ1v) is 8.02. The number of hydrogen-bond acceptors (Lipinski definition) is 4. The van der Waals surface area contributed by atoms with Crippen molar-refractivity contribution in [1.29, 1.82) is 0 Å². The molecule has 0 spiro atoms. The molecule has 1 amide bonds. The molecule has 0 aliphatic heterocycles. The normalized spacial score (nSPS) is 12.2. The molecule has 0 saturated carbocycles. The van der Waals surface area contributed by atoms with E-state index in [1.165, 1.54) is 0 Å². The van der Waals surface area contributed by atoms with Crippen molar-refractivity contribution in [1.82, 2.24) is 20.0 Å². The number of benzene rings is 1. The van der Waals surface area contributed by atoms with Gasteiger partial charge in [-0.15, -0.1) is 0 Å². The van der Waals surface area contributed by atoms with Crippen LogP contribution in [0.2, 0.25) is 0 Å². The molecule has 0 saturated heterocycles. The molecule has 130 valence electrons. The van der Waals surface area contributed by atoms with Crippen molar-refractivity contribution in [3.63, 3.8) is 0 Å². The summed E-state index contributed by atoms with van der Waals surface area (Å²) < 4.78 is 1.79. The third-order valence-electron chi connectivity index (χ3n) is 4.25. The maximum Gasteiger partial charge on any atom is 0.273 e. The van der Waals surface area contributed by atoms with Crippen LogP contribution in [0.3, 0.4) is 0 Å². The van der Waals surface area contributed by atoms with Crippen LogP contribution in [0.15, 0.2) is 30.3 Å². The van der Waals surface area contributed by atoms with Crippen LogP contribution in [-0.2, 0) is 7.05 Å². The number of para-hydroxylation sites is 1. The largest absolute Gasteiger partial charge is 0.389 e. The SMILES string of the molecule is Cc1nn(C)c(C)c1-c1cc(C(=O)Nc2ccccc2C(C)O)[nH]n1. The Morgan fingerprint density at radius 2 is 2.04 bits per heavy atom. The summed E-state index contributed by atoms with van der Waals surface area (Å²) in [5.41, 5.74) is 5.02. The number of hydrogen-bond donors (Lipinski definition) is 3. The Morgan fingerprint density at radius 1 is 1.32 bits per heavy atom. The van der Waals surface area contributed by atoms with Gasteiger partial charge in [-0.05, 0) is 32.9 Å². The zero-order valence-corrected chi connectivity index (χ0v) is 14.7. The van der Waals surface area contributed by atoms with E-state index in [2.05, 4.69) is 20.6 Å². The molecule has 3 rings (SSSR count). The average molecular weight is 339 g/mol. The molecule has 7 heteroatoms. The minimum Gasteiger partial charge on any atom is -0.389 e. The maximum atomic E-state index is 12.5. The molecule has 1 atom stereocenters. The summed E-state index contributed by atoms with van der Waals surface area (Å²) in [6.45, 7) is 5.53. The van der Waals surface area contributed by atoms with E-state index in [1.54, 1.807) is 29.8 Å². The Morgan fingerprint density at radius 3 is 2.68 bits per heavy atom. The van der Waals surface area contributed by atoms with Gasteiger partial charge < -0.3 is 10.4 Å². The Bertz CT molecular complexity index is 923. The standard InChI is InChI=1S/C18H21N5O2/c1-10-17(11(2)23(4)22-10)15-9-16(21-20-15)18(25)19-14-8-6-5-7-13(14)12(3)24/h5-9,12,24H,1-4H3,(H,19,25)(H,20,21). The van der Waals surface area contributed by atoms with Crippen LogP contribution in [0.5, 0.6) is 0 Å². The number of aromatic nitrogens is 4. The number of carbonyl (C=O) groups is 1. The van der Waals surface area contributed by atoms with E-state index in [0.29, 0.717) is 22.6 Å². The van der Waals surface area contributed by atoms with Gasteiger partial charge in [-0.1, -0.05) is 18.2 Å². The molecule has 3 aromatic rings. The number of aromatic amines is 1. The monoisotopic (exact) mass is 339 g/mol. The first-order valence-electron chi connectivity index (χ1n) is 8.02. The quantitative estimate of drug-likeness (QED) is 0.681. The van der Waals surface area contributed by atoms with E-state index in [-0.39, 0.29) is 5.91 Å². The molecule has 0 bridgehead atoms. The van der Waals surface area contributed by atoms with Gasteiger partial charge >= 0.3 is 0 Å². The molecule has 3 N–H and O–H groups in total. The number of amides is 1. The number of nitrogens with zero attached hydrogens (tertiary/aromatic N) is 3. The summed E-state index contributed by atoms with van der Waals surface area (Å²) in [6.07, 6.45) is -0.672. The van der Waals surface area contributed by atoms with E-state index in [0.717, 1.165) is 17.0 Å². The predicted octanol–water partition coefficient (Wildman–Crippen LogP) is 2.73. The molecule has 0 fully saturated rings. The zero-order chi connectivity index (χ0) is 18.1. The van der Waals surface area contributed by atoms with Crippen molar-refractivity contribution in [2.24, 2.45) is 7.05 Å². The molecule has 0 aliphatic rings. The fourth-order valence-electron chi connectivity index (χ4n) is 2.88. The van der Waals surface area contributed by atoms with Gasteiger partial charge in [0.15, 0.2) is 0 Å². The summed E-state index contributed by atoms with van der Waals surface area (Å²) in [6, 6.07) is 8.87. The summed E-state index contributed by atoms with van der Waals surface area (Å²) in [7, 11) is 1.87. The summed E-state index contributed by atoms with van der Waals surface area (Å²) in [5, 5.41) is 24.0. The third-order valence-corrected chi connectivity index (χ3v) is 4.25. The first kappa shape index (κ1) is 16.9. The van der Waals surface area contributed by atoms with E-state index in [9.17, 15) is 9.90 Å². The fourth-order valence-corrected chi connectivity index (χ4v) is 2.88. The Labute approximate surface area is 145 Å². The van der Waals surface area contributed by atoms with Crippen LogP contribution in [0.4, 0.5) is 5.69 Å². The number of anilines is 1. The van der Waals surface area contributed by atoms with E-state index in [4.69, 9.17) is 0 Å². The number of H-pyrrole nitrogens is 1. The molecule has 25 heavy (non-hydrogen) atoms. The summed E-state index contributed by atoms with van der Waals surface area (Å²) in [4.78, 5) is 12.5. The highest BCUT2D eigenvalue weighted by atomic mass is 16.3. The fraction of sp³-hybridized carbons (Fsp3) is 0.278. The van der Waals surface area contributed by atoms with E-state index >= 15 is 0 Å². The smallest absolute Gasteiger partial charge is 0.273 e. The van der Waals surface area contributed by atoms with Crippen molar-refractivity contribution in [2.45, 2.75) is 26.9 Å². The molecule has 1 aromatic carbocycles. The Hall–Kier alpha value is -2.93. The molecule has 0 radical (unpaired) electrons. The highest BCUT2D eigenvalue weighted by Crippen LogP contribution is 2.26. The molecule has 0 aliphatic carbocycles. The zero-order valence-electron chi connectivity index (χ0n) is 14.7. The van der Waals surface area contributed by atoms with Crippen LogP contribution in [-0.4, -0.2) is 31.0 Å². The average Bonchev–Trinajstić information content (AvgIpc) is 3.13. The van der Waals surface area contributed by atoms with Gasteiger partial charge in [0.05, 0.1) is 17.5 Å². The molecular weight excluding hydrogens is 318 g/mol. The molecular formula is C18H21N5O2. The second-order valence-corrected chi connectivity index (χ2v) is 6.05. The van der Waals surface area contributed by atoms with E-state index in [1.807, 2.05) is 33.0 Å². The lowest BCUT2D eigenvalue weighted by atomic mass is 10.1. The van der Waals surface area contributed by atoms with Crippen molar-refractivity contribution < 1.29 is 9.90 Å². The van der Waals surface area contributed by atoms with Crippen molar-refractivity contribution in [3.8, 4) is 11.3 Å². The Balaban J connectivity index is 1.87. The lowest BCUT2D eigenvalue weighted by molar-refractivity contribution is 0.102. The lowest BCUT2D eigenvalue weighted by Crippen LogP contribution is -2.14. The molecule has 1 unspecified atom stereocenters. The van der Waals surface area contributed by atoms with Gasteiger partial charge in [-0.25, -0.2) is 0 Å². The second kappa shape index (κ2) is 6.52. The Kier molecular flexibility index (Phi) is 4.41. The van der Waals surface area contributed by atoms with Crippen molar-refractivity contribution in [2.75, 3.05) is 5.32 Å². The third kappa shape index (κ3) is 3.18. The lowest BCUT2D eigenvalue weighted by Gasteiger charge is -2.12. The number of rotatable bonds is 4. The number of aliphatic hydroxyl groups is 1. The number of aliphatic hydroxyl groups excluding tert-OH is 1. The van der Waals surface area contributed by atoms with Crippen molar-refractivity contribution >= 4 is 11.6 Å². The van der Waals surface area contributed by atoms with Crippen LogP contribution < -0.4 is 5.32 Å². The van der Waals surface area contributed by atoms with Gasteiger partial charge in [0, 0.05) is 29.6 Å². The topological polar surface area (TPSA) is 95.8 Å². The molecule has 7 nitrogen and oxygen atoms in total. The van der Waals surface area contributed by atoms with Crippen LogP contribution >= 0.6 is 0 Å².